The van der Waals surface area contributed by atoms with Crippen LogP contribution >= 0.6 is 24.8 Å². The van der Waals surface area contributed by atoms with Crippen LogP contribution in [0.2, 0.25) is 0 Å². The van der Waals surface area contributed by atoms with Gasteiger partial charge in [-0.1, -0.05) is 12.8 Å². The van der Waals surface area contributed by atoms with Crippen molar-refractivity contribution in [3.8, 4) is 0 Å². The fraction of sp³-hybridized carbons (Fsp3) is 0.929. The Labute approximate surface area is 135 Å². The Bertz CT molecular complexity index is 284. The highest BCUT2D eigenvalue weighted by atomic mass is 35.5. The molecule has 2 unspecified atom stereocenters. The molecular formula is C14H29Cl2N3O. The largest absolute Gasteiger partial charge is 0.339 e. The summed E-state index contributed by atoms with van der Waals surface area (Å²) in [6, 6.07) is 0.493. The molecule has 20 heavy (non-hydrogen) atoms. The van der Waals surface area contributed by atoms with Crippen LogP contribution in [0.25, 0.3) is 0 Å². The van der Waals surface area contributed by atoms with E-state index in [0.717, 1.165) is 32.7 Å². The van der Waals surface area contributed by atoms with Crippen molar-refractivity contribution < 1.29 is 4.79 Å². The summed E-state index contributed by atoms with van der Waals surface area (Å²) >= 11 is 0. The lowest BCUT2D eigenvalue weighted by atomic mass is 10.1. The summed E-state index contributed by atoms with van der Waals surface area (Å²) in [6.07, 6.45) is 5.13. The number of hydrogen-bond acceptors (Lipinski definition) is 3. The van der Waals surface area contributed by atoms with Gasteiger partial charge in [-0.2, -0.15) is 0 Å². The first-order valence-corrected chi connectivity index (χ1v) is 7.44. The molecule has 6 heteroatoms. The fourth-order valence-corrected chi connectivity index (χ4v) is 3.04. The number of piperazine rings is 1. The molecule has 1 amide bonds. The Morgan fingerprint density at radius 2 is 1.70 bits per heavy atom. The minimum atomic E-state index is 0. The molecule has 0 spiro atoms. The molecule has 0 aromatic carbocycles. The molecule has 2 rings (SSSR count). The van der Waals surface area contributed by atoms with Gasteiger partial charge in [0.15, 0.2) is 0 Å². The maximum absolute atomic E-state index is 12.5. The van der Waals surface area contributed by atoms with E-state index >= 15 is 0 Å². The second kappa shape index (κ2) is 9.82. The normalized spacial score (nSPS) is 25.9. The lowest BCUT2D eigenvalue weighted by Crippen LogP contribution is -2.56. The van der Waals surface area contributed by atoms with E-state index in [0.29, 0.717) is 11.9 Å². The molecule has 2 atom stereocenters. The van der Waals surface area contributed by atoms with Gasteiger partial charge in [0.25, 0.3) is 0 Å². The van der Waals surface area contributed by atoms with Crippen LogP contribution in [0.4, 0.5) is 0 Å². The van der Waals surface area contributed by atoms with E-state index < -0.39 is 0 Å². The first kappa shape index (κ1) is 20.0. The number of rotatable bonds is 2. The number of amides is 1. The Hall–Kier alpha value is -0.0300. The molecule has 0 aliphatic carbocycles. The first-order chi connectivity index (χ1) is 8.68. The zero-order valence-corrected chi connectivity index (χ0v) is 14.3. The molecule has 0 bridgehead atoms. The van der Waals surface area contributed by atoms with Crippen LogP contribution in [-0.4, -0.2) is 60.5 Å². The molecular weight excluding hydrogens is 297 g/mol. The highest BCUT2D eigenvalue weighted by molar-refractivity contribution is 5.85. The third kappa shape index (κ3) is 5.40. The van der Waals surface area contributed by atoms with Crippen molar-refractivity contribution in [2.75, 3.05) is 32.7 Å². The molecule has 120 valence electrons. The average molecular weight is 326 g/mol. The van der Waals surface area contributed by atoms with E-state index in [4.69, 9.17) is 0 Å². The standard InChI is InChI=1S/C14H27N3O.2ClH/c1-12-11-17(10-7-15-12)14(18)13(2)16-8-5-3-4-6-9-16;;/h12-13,15H,3-11H2,1-2H3;2*1H. The molecule has 2 aliphatic rings. The van der Waals surface area contributed by atoms with Gasteiger partial charge in [-0.3, -0.25) is 9.69 Å². The van der Waals surface area contributed by atoms with Crippen LogP contribution in [-0.2, 0) is 4.79 Å². The van der Waals surface area contributed by atoms with E-state index in [1.807, 2.05) is 4.90 Å². The van der Waals surface area contributed by atoms with Crippen LogP contribution in [0.15, 0.2) is 0 Å². The van der Waals surface area contributed by atoms with Crippen LogP contribution in [0.5, 0.6) is 0 Å². The van der Waals surface area contributed by atoms with Crippen LogP contribution in [0, 0.1) is 0 Å². The Kier molecular flexibility index (Phi) is 9.81. The third-order valence-corrected chi connectivity index (χ3v) is 4.23. The maximum Gasteiger partial charge on any atom is 0.239 e. The van der Waals surface area contributed by atoms with Crippen molar-refractivity contribution in [3.05, 3.63) is 0 Å². The van der Waals surface area contributed by atoms with Gasteiger partial charge >= 0.3 is 0 Å². The van der Waals surface area contributed by atoms with Gasteiger partial charge in [0, 0.05) is 25.7 Å². The fourth-order valence-electron chi connectivity index (χ4n) is 3.04. The molecule has 2 aliphatic heterocycles. The summed E-state index contributed by atoms with van der Waals surface area (Å²) < 4.78 is 0. The molecule has 2 fully saturated rings. The van der Waals surface area contributed by atoms with Gasteiger partial charge in [-0.25, -0.2) is 0 Å². The van der Waals surface area contributed by atoms with Crippen LogP contribution in [0.1, 0.15) is 39.5 Å². The second-order valence-electron chi connectivity index (χ2n) is 5.77. The van der Waals surface area contributed by atoms with E-state index in [9.17, 15) is 4.79 Å². The monoisotopic (exact) mass is 325 g/mol. The average Bonchev–Trinajstić information content (AvgIpc) is 2.66. The van der Waals surface area contributed by atoms with Crippen molar-refractivity contribution >= 4 is 30.7 Å². The lowest BCUT2D eigenvalue weighted by molar-refractivity contribution is -0.137. The predicted octanol–water partition coefficient (Wildman–Crippen LogP) is 1.91. The minimum Gasteiger partial charge on any atom is -0.339 e. The number of carbonyl (C=O) groups excluding carboxylic acids is 1. The summed E-state index contributed by atoms with van der Waals surface area (Å²) in [5.41, 5.74) is 0. The number of nitrogens with one attached hydrogen (secondary N) is 1. The second-order valence-corrected chi connectivity index (χ2v) is 5.77. The number of halogens is 2. The molecule has 0 aromatic heterocycles. The summed E-state index contributed by atoms with van der Waals surface area (Å²) in [4.78, 5) is 16.9. The molecule has 4 nitrogen and oxygen atoms in total. The molecule has 0 saturated carbocycles. The quantitative estimate of drug-likeness (QED) is 0.842. The van der Waals surface area contributed by atoms with E-state index in [1.54, 1.807) is 0 Å². The lowest BCUT2D eigenvalue weighted by Gasteiger charge is -2.36. The number of nitrogens with zero attached hydrogens (tertiary/aromatic N) is 2. The number of hydrogen-bond donors (Lipinski definition) is 1. The summed E-state index contributed by atoms with van der Waals surface area (Å²) in [5.74, 6) is 0.324. The van der Waals surface area contributed by atoms with Crippen LogP contribution in [0.3, 0.4) is 0 Å². The molecule has 1 N–H and O–H groups in total. The van der Waals surface area contributed by atoms with Gasteiger partial charge in [-0.15, -0.1) is 24.8 Å². The molecule has 0 radical (unpaired) electrons. The van der Waals surface area contributed by atoms with Crippen LogP contribution < -0.4 is 5.32 Å². The smallest absolute Gasteiger partial charge is 0.239 e. The Balaban J connectivity index is 0.00000180. The van der Waals surface area contributed by atoms with E-state index in [2.05, 4.69) is 24.1 Å². The van der Waals surface area contributed by atoms with Crippen molar-refractivity contribution in [1.82, 2.24) is 15.1 Å². The maximum atomic E-state index is 12.5. The predicted molar refractivity (Wildman–Crippen MR) is 88.0 cm³/mol. The SMILES string of the molecule is CC1CN(C(=O)C(C)N2CCCCCC2)CCN1.Cl.Cl. The van der Waals surface area contributed by atoms with Crippen molar-refractivity contribution in [2.45, 2.75) is 51.6 Å². The van der Waals surface area contributed by atoms with Crippen molar-refractivity contribution in [2.24, 2.45) is 0 Å². The number of likely N-dealkylation sites (tertiary alicyclic amines) is 1. The molecule has 2 heterocycles. The van der Waals surface area contributed by atoms with Gasteiger partial charge in [0.1, 0.15) is 0 Å². The summed E-state index contributed by atoms with van der Waals surface area (Å²) in [7, 11) is 0. The highest BCUT2D eigenvalue weighted by Gasteiger charge is 2.28. The summed E-state index contributed by atoms with van der Waals surface area (Å²) in [5, 5.41) is 3.39. The van der Waals surface area contributed by atoms with Gasteiger partial charge < -0.3 is 10.2 Å². The summed E-state index contributed by atoms with van der Waals surface area (Å²) in [6.45, 7) is 9.07. The molecule has 2 saturated heterocycles. The first-order valence-electron chi connectivity index (χ1n) is 7.44. The third-order valence-electron chi connectivity index (χ3n) is 4.23. The van der Waals surface area contributed by atoms with Gasteiger partial charge in [-0.05, 0) is 39.8 Å². The van der Waals surface area contributed by atoms with Gasteiger partial charge in [0.2, 0.25) is 5.91 Å². The van der Waals surface area contributed by atoms with Crippen molar-refractivity contribution in [1.29, 1.82) is 0 Å². The van der Waals surface area contributed by atoms with Crippen molar-refractivity contribution in [3.63, 3.8) is 0 Å². The van der Waals surface area contributed by atoms with E-state index in [1.165, 1.54) is 25.7 Å². The zero-order chi connectivity index (χ0) is 13.0. The van der Waals surface area contributed by atoms with Gasteiger partial charge in [0.05, 0.1) is 6.04 Å². The topological polar surface area (TPSA) is 35.6 Å². The number of carbonyl (C=O) groups is 1. The minimum absolute atomic E-state index is 0. The molecule has 0 aromatic rings. The van der Waals surface area contributed by atoms with E-state index in [-0.39, 0.29) is 30.9 Å². The Morgan fingerprint density at radius 3 is 2.25 bits per heavy atom. The Morgan fingerprint density at radius 1 is 1.10 bits per heavy atom. The highest BCUT2D eigenvalue weighted by Crippen LogP contribution is 2.14. The zero-order valence-electron chi connectivity index (χ0n) is 12.6.